The van der Waals surface area contributed by atoms with Gasteiger partial charge in [0.1, 0.15) is 0 Å². The van der Waals surface area contributed by atoms with Crippen molar-refractivity contribution in [2.75, 3.05) is 26.0 Å². The topological polar surface area (TPSA) is 69.0 Å². The molecule has 0 spiro atoms. The van der Waals surface area contributed by atoms with Crippen molar-refractivity contribution in [2.24, 2.45) is 0 Å². The molecule has 1 heterocycles. The van der Waals surface area contributed by atoms with E-state index < -0.39 is 0 Å². The van der Waals surface area contributed by atoms with Crippen molar-refractivity contribution in [3.8, 4) is 17.1 Å². The number of hydrogen-bond acceptors (Lipinski definition) is 5. The summed E-state index contributed by atoms with van der Waals surface area (Å²) in [6.07, 6.45) is 0.784. The van der Waals surface area contributed by atoms with Gasteiger partial charge in [0.2, 0.25) is 5.91 Å². The van der Waals surface area contributed by atoms with Gasteiger partial charge in [0.25, 0.3) is 0 Å². The van der Waals surface area contributed by atoms with E-state index in [0.717, 1.165) is 17.7 Å². The summed E-state index contributed by atoms with van der Waals surface area (Å²) in [6, 6.07) is 13.7. The Balaban J connectivity index is 1.86. The zero-order valence-corrected chi connectivity index (χ0v) is 18.9. The Labute approximate surface area is 186 Å². The fraction of sp³-hybridized carbons (Fsp3) is 0.318. The maximum atomic E-state index is 12.2. The molecule has 1 amide bonds. The predicted molar refractivity (Wildman–Crippen MR) is 122 cm³/mol. The Bertz CT molecular complexity index is 1000. The molecule has 30 heavy (non-hydrogen) atoms. The Hall–Kier alpha value is -2.35. The van der Waals surface area contributed by atoms with Crippen LogP contribution in [0.25, 0.3) is 17.1 Å². The second kappa shape index (κ2) is 10.6. The normalized spacial score (nSPS) is 10.9. The number of nitrogens with zero attached hydrogens (tertiary/aromatic N) is 3. The molecule has 8 heteroatoms. The molecule has 0 radical (unpaired) electrons. The van der Waals surface area contributed by atoms with Crippen LogP contribution in [0.4, 0.5) is 0 Å². The fourth-order valence-electron chi connectivity index (χ4n) is 2.87. The van der Waals surface area contributed by atoms with Crippen LogP contribution < -0.4 is 5.32 Å². The van der Waals surface area contributed by atoms with Crippen LogP contribution >= 0.6 is 23.4 Å². The SMILES string of the molecule is COCCCNC(=O)CSc1nnc(-c2ccc(Cl)cc2)n1-c1ccc(C)c(C)c1. The Morgan fingerprint density at radius 2 is 1.90 bits per heavy atom. The highest BCUT2D eigenvalue weighted by Gasteiger charge is 2.17. The number of aromatic nitrogens is 3. The number of rotatable bonds is 9. The third kappa shape index (κ3) is 5.62. The summed E-state index contributed by atoms with van der Waals surface area (Å²) in [5, 5.41) is 13.0. The number of aryl methyl sites for hydroxylation is 2. The molecule has 6 nitrogen and oxygen atoms in total. The van der Waals surface area contributed by atoms with Crippen LogP contribution in [0, 0.1) is 13.8 Å². The first kappa shape index (κ1) is 22.3. The average molecular weight is 445 g/mol. The number of amides is 1. The van der Waals surface area contributed by atoms with Gasteiger partial charge in [-0.1, -0.05) is 29.4 Å². The Morgan fingerprint density at radius 1 is 1.13 bits per heavy atom. The van der Waals surface area contributed by atoms with Crippen LogP contribution in [-0.2, 0) is 9.53 Å². The molecule has 2 aromatic carbocycles. The number of carbonyl (C=O) groups excluding carboxylic acids is 1. The number of methoxy groups -OCH3 is 1. The standard InChI is InChI=1S/C22H25ClN4O2S/c1-15-5-10-19(13-16(15)2)27-21(17-6-8-18(23)9-7-17)25-26-22(27)30-14-20(28)24-11-4-12-29-3/h5-10,13H,4,11-12,14H2,1-3H3,(H,24,28). The van der Waals surface area contributed by atoms with Crippen molar-refractivity contribution >= 4 is 29.3 Å². The van der Waals surface area contributed by atoms with Crippen LogP contribution in [0.2, 0.25) is 5.02 Å². The monoisotopic (exact) mass is 444 g/mol. The van der Waals surface area contributed by atoms with E-state index in [1.54, 1.807) is 7.11 Å². The van der Waals surface area contributed by atoms with Gasteiger partial charge in [-0.25, -0.2) is 0 Å². The smallest absolute Gasteiger partial charge is 0.230 e. The molecule has 3 rings (SSSR count). The molecule has 3 aromatic rings. The molecule has 1 N–H and O–H groups in total. The second-order valence-electron chi connectivity index (χ2n) is 6.90. The van der Waals surface area contributed by atoms with E-state index in [1.165, 1.54) is 22.9 Å². The summed E-state index contributed by atoms with van der Waals surface area (Å²) < 4.78 is 6.99. The van der Waals surface area contributed by atoms with Gasteiger partial charge < -0.3 is 10.1 Å². The highest BCUT2D eigenvalue weighted by molar-refractivity contribution is 7.99. The van der Waals surface area contributed by atoms with Crippen LogP contribution in [0.3, 0.4) is 0 Å². The lowest BCUT2D eigenvalue weighted by atomic mass is 10.1. The summed E-state index contributed by atoms with van der Waals surface area (Å²) in [5.74, 6) is 0.924. The Morgan fingerprint density at radius 3 is 2.60 bits per heavy atom. The van der Waals surface area contributed by atoms with E-state index >= 15 is 0 Å². The van der Waals surface area contributed by atoms with E-state index in [1.807, 2.05) is 34.9 Å². The van der Waals surface area contributed by atoms with Crippen molar-refractivity contribution in [1.29, 1.82) is 0 Å². The number of ether oxygens (including phenoxy) is 1. The molecule has 0 unspecified atom stereocenters. The summed E-state index contributed by atoms with van der Waals surface area (Å²) in [5.41, 5.74) is 4.25. The maximum Gasteiger partial charge on any atom is 0.230 e. The van der Waals surface area contributed by atoms with Crippen molar-refractivity contribution < 1.29 is 9.53 Å². The summed E-state index contributed by atoms with van der Waals surface area (Å²) in [7, 11) is 1.65. The first-order valence-electron chi connectivity index (χ1n) is 9.67. The lowest BCUT2D eigenvalue weighted by Gasteiger charge is -2.12. The number of nitrogens with one attached hydrogen (secondary N) is 1. The zero-order valence-electron chi connectivity index (χ0n) is 17.3. The average Bonchev–Trinajstić information content (AvgIpc) is 3.16. The first-order valence-corrected chi connectivity index (χ1v) is 11.0. The number of halogens is 1. The van der Waals surface area contributed by atoms with Crippen molar-refractivity contribution in [2.45, 2.75) is 25.4 Å². The Kier molecular flexibility index (Phi) is 7.90. The van der Waals surface area contributed by atoms with Crippen LogP contribution in [-0.4, -0.2) is 46.7 Å². The van der Waals surface area contributed by atoms with E-state index in [0.29, 0.717) is 29.2 Å². The molecular weight excluding hydrogens is 420 g/mol. The van der Waals surface area contributed by atoms with Gasteiger partial charge in [0.05, 0.1) is 11.4 Å². The predicted octanol–water partition coefficient (Wildman–Crippen LogP) is 4.45. The molecule has 0 aliphatic carbocycles. The summed E-state index contributed by atoms with van der Waals surface area (Å²) >= 11 is 7.41. The molecule has 0 atom stereocenters. The molecule has 0 fully saturated rings. The molecule has 0 aliphatic rings. The minimum atomic E-state index is -0.0428. The maximum absolute atomic E-state index is 12.2. The van der Waals surface area contributed by atoms with E-state index in [4.69, 9.17) is 16.3 Å². The second-order valence-corrected chi connectivity index (χ2v) is 8.28. The van der Waals surface area contributed by atoms with Crippen LogP contribution in [0.15, 0.2) is 47.6 Å². The molecule has 0 saturated carbocycles. The van der Waals surface area contributed by atoms with Crippen molar-refractivity contribution in [3.63, 3.8) is 0 Å². The highest BCUT2D eigenvalue weighted by atomic mass is 35.5. The van der Waals surface area contributed by atoms with Crippen molar-refractivity contribution in [3.05, 3.63) is 58.6 Å². The molecule has 1 aromatic heterocycles. The third-order valence-electron chi connectivity index (χ3n) is 4.66. The minimum absolute atomic E-state index is 0.0428. The third-order valence-corrected chi connectivity index (χ3v) is 5.85. The molecular formula is C22H25ClN4O2S. The van der Waals surface area contributed by atoms with Crippen LogP contribution in [0.5, 0.6) is 0 Å². The summed E-state index contributed by atoms with van der Waals surface area (Å²) in [6.45, 7) is 5.37. The largest absolute Gasteiger partial charge is 0.385 e. The quantitative estimate of drug-likeness (QED) is 0.390. The lowest BCUT2D eigenvalue weighted by molar-refractivity contribution is -0.118. The minimum Gasteiger partial charge on any atom is -0.385 e. The number of hydrogen-bond donors (Lipinski definition) is 1. The van der Waals surface area contributed by atoms with Gasteiger partial charge in [-0.2, -0.15) is 0 Å². The van der Waals surface area contributed by atoms with E-state index in [2.05, 4.69) is 41.5 Å². The fourth-order valence-corrected chi connectivity index (χ4v) is 3.78. The van der Waals surface area contributed by atoms with Gasteiger partial charge in [-0.15, -0.1) is 10.2 Å². The number of benzene rings is 2. The van der Waals surface area contributed by atoms with Gasteiger partial charge in [-0.3, -0.25) is 9.36 Å². The van der Waals surface area contributed by atoms with Gasteiger partial charge in [-0.05, 0) is 67.8 Å². The number of thioether (sulfide) groups is 1. The van der Waals surface area contributed by atoms with Crippen molar-refractivity contribution in [1.82, 2.24) is 20.1 Å². The summed E-state index contributed by atoms with van der Waals surface area (Å²) in [4.78, 5) is 12.2. The van der Waals surface area contributed by atoms with E-state index in [-0.39, 0.29) is 11.7 Å². The number of carbonyl (C=O) groups is 1. The molecule has 0 bridgehead atoms. The highest BCUT2D eigenvalue weighted by Crippen LogP contribution is 2.29. The van der Waals surface area contributed by atoms with E-state index in [9.17, 15) is 4.79 Å². The van der Waals surface area contributed by atoms with Gasteiger partial charge in [0, 0.05) is 30.8 Å². The molecule has 0 saturated heterocycles. The zero-order chi connectivity index (χ0) is 21.5. The molecule has 158 valence electrons. The molecule has 0 aliphatic heterocycles. The lowest BCUT2D eigenvalue weighted by Crippen LogP contribution is -2.26. The first-order chi connectivity index (χ1) is 14.5. The van der Waals surface area contributed by atoms with Crippen LogP contribution in [0.1, 0.15) is 17.5 Å². The van der Waals surface area contributed by atoms with Gasteiger partial charge in [0.15, 0.2) is 11.0 Å². The van der Waals surface area contributed by atoms with Gasteiger partial charge >= 0.3 is 0 Å².